The van der Waals surface area contributed by atoms with Crippen LogP contribution in [0.25, 0.3) is 0 Å². The van der Waals surface area contributed by atoms with Crippen molar-refractivity contribution in [2.45, 2.75) is 13.8 Å². The third-order valence-electron chi connectivity index (χ3n) is 3.96. The first kappa shape index (κ1) is 26.2. The molecular formula is C24H28N2O5S2. The van der Waals surface area contributed by atoms with Crippen LogP contribution in [0.2, 0.25) is 0 Å². The maximum atomic E-state index is 12.1. The highest BCUT2D eigenvalue weighted by Gasteiger charge is 2.05. The number of nitrogens with one attached hydrogen (secondary N) is 2. The van der Waals surface area contributed by atoms with E-state index in [1.165, 1.54) is 22.9 Å². The summed E-state index contributed by atoms with van der Waals surface area (Å²) in [6, 6.07) is 18.3. The van der Waals surface area contributed by atoms with Gasteiger partial charge in [-0.15, -0.1) is 0 Å². The third kappa shape index (κ3) is 12.0. The second-order valence-corrected chi connectivity index (χ2v) is 10.2. The van der Waals surface area contributed by atoms with E-state index in [2.05, 4.69) is 10.6 Å². The van der Waals surface area contributed by atoms with Crippen molar-refractivity contribution in [2.75, 3.05) is 35.4 Å². The predicted octanol–water partition coefficient (Wildman–Crippen LogP) is 4.50. The van der Waals surface area contributed by atoms with E-state index in [4.69, 9.17) is 9.47 Å². The van der Waals surface area contributed by atoms with Crippen molar-refractivity contribution in [1.29, 1.82) is 0 Å². The van der Waals surface area contributed by atoms with E-state index >= 15 is 0 Å². The Morgan fingerprint density at radius 3 is 1.76 bits per heavy atom. The van der Waals surface area contributed by atoms with Gasteiger partial charge in [-0.2, -0.15) is 0 Å². The van der Waals surface area contributed by atoms with Crippen LogP contribution >= 0.6 is 10.8 Å². The van der Waals surface area contributed by atoms with Crippen molar-refractivity contribution in [2.24, 2.45) is 0 Å². The Hall–Kier alpha value is -3.04. The van der Waals surface area contributed by atoms with E-state index in [-0.39, 0.29) is 18.4 Å². The molecule has 0 bridgehead atoms. The molecule has 0 aliphatic rings. The normalized spacial score (nSPS) is 12.5. The quantitative estimate of drug-likeness (QED) is 0.187. The fraction of sp³-hybridized carbons (Fsp3) is 0.250. The van der Waals surface area contributed by atoms with Gasteiger partial charge in [-0.05, 0) is 38.1 Å². The minimum Gasteiger partial charge on any atom is -0.497 e. The molecule has 2 aromatic rings. The molecule has 7 nitrogen and oxygen atoms in total. The lowest BCUT2D eigenvalue weighted by Gasteiger charge is -2.08. The summed E-state index contributed by atoms with van der Waals surface area (Å²) in [6.07, 6.45) is 2.74. The van der Waals surface area contributed by atoms with Crippen LogP contribution in [0.1, 0.15) is 13.8 Å². The van der Waals surface area contributed by atoms with Crippen LogP contribution in [-0.2, 0) is 28.9 Å². The zero-order valence-electron chi connectivity index (χ0n) is 18.6. The SMILES string of the molecule is CC(=CC(=O)Nc1ccccc1)OCCSS(=O)CCOC(C)=CC(=O)Nc1ccccc1. The zero-order valence-corrected chi connectivity index (χ0v) is 20.2. The molecule has 0 aromatic heterocycles. The first-order chi connectivity index (χ1) is 15.9. The number of ether oxygens (including phenoxy) is 2. The maximum Gasteiger partial charge on any atom is 0.251 e. The molecule has 0 radical (unpaired) electrons. The molecule has 2 rings (SSSR count). The summed E-state index contributed by atoms with van der Waals surface area (Å²) in [4.78, 5) is 23.9. The van der Waals surface area contributed by atoms with E-state index in [0.29, 0.717) is 41.0 Å². The van der Waals surface area contributed by atoms with Gasteiger partial charge < -0.3 is 20.1 Å². The summed E-state index contributed by atoms with van der Waals surface area (Å²) in [5.41, 5.74) is 1.41. The summed E-state index contributed by atoms with van der Waals surface area (Å²) < 4.78 is 23.0. The molecule has 0 saturated carbocycles. The van der Waals surface area contributed by atoms with Gasteiger partial charge in [-0.25, -0.2) is 4.21 Å². The van der Waals surface area contributed by atoms with Crippen molar-refractivity contribution in [3.05, 3.63) is 84.3 Å². The first-order valence-electron chi connectivity index (χ1n) is 10.3. The number of rotatable bonds is 13. The highest BCUT2D eigenvalue weighted by molar-refractivity contribution is 8.69. The summed E-state index contributed by atoms with van der Waals surface area (Å²) >= 11 is 0. The van der Waals surface area contributed by atoms with Crippen LogP contribution in [0.15, 0.2) is 84.3 Å². The number of carbonyl (C=O) groups is 2. The Bertz CT molecular complexity index is 979. The van der Waals surface area contributed by atoms with Crippen molar-refractivity contribution < 1.29 is 23.3 Å². The van der Waals surface area contributed by atoms with Gasteiger partial charge in [-0.3, -0.25) is 9.59 Å². The summed E-state index contributed by atoms with van der Waals surface area (Å²) in [6.45, 7) is 3.94. The minimum atomic E-state index is -1.15. The highest BCUT2D eigenvalue weighted by Crippen LogP contribution is 2.11. The molecule has 0 aliphatic carbocycles. The van der Waals surface area contributed by atoms with Crippen molar-refractivity contribution >= 4 is 43.8 Å². The number of anilines is 2. The molecule has 0 fully saturated rings. The van der Waals surface area contributed by atoms with Gasteiger partial charge in [0.1, 0.15) is 6.61 Å². The summed E-state index contributed by atoms with van der Waals surface area (Å²) in [5, 5.41) is 5.48. The Balaban J connectivity index is 1.57. The molecule has 0 heterocycles. The lowest BCUT2D eigenvalue weighted by Crippen LogP contribution is -2.10. The van der Waals surface area contributed by atoms with Crippen LogP contribution in [0.3, 0.4) is 0 Å². The Labute approximate surface area is 200 Å². The van der Waals surface area contributed by atoms with Gasteiger partial charge in [0.2, 0.25) is 0 Å². The second-order valence-electron chi connectivity index (χ2n) is 6.75. The highest BCUT2D eigenvalue weighted by atomic mass is 33.1. The first-order valence-corrected chi connectivity index (χ1v) is 13.1. The van der Waals surface area contributed by atoms with E-state index in [1.807, 2.05) is 36.4 Å². The molecule has 0 spiro atoms. The molecule has 2 amide bonds. The molecule has 33 heavy (non-hydrogen) atoms. The third-order valence-corrected chi connectivity index (χ3v) is 6.84. The average molecular weight is 489 g/mol. The van der Waals surface area contributed by atoms with Crippen molar-refractivity contribution in [1.82, 2.24) is 0 Å². The standard InChI is InChI=1S/C24H28N2O5S2/c1-19(17-23(27)25-21-9-5-3-6-10-21)30-13-15-32-33(29)16-14-31-20(2)18-24(28)26-22-11-7-4-8-12-22/h3-12,17-18H,13-16H2,1-2H3,(H,25,27)(H,26,28). The number of amides is 2. The molecule has 176 valence electrons. The van der Waals surface area contributed by atoms with Gasteiger partial charge in [0.15, 0.2) is 0 Å². The Morgan fingerprint density at radius 1 is 0.818 bits per heavy atom. The molecule has 2 aromatic carbocycles. The molecule has 9 heteroatoms. The average Bonchev–Trinajstić information content (AvgIpc) is 2.78. The van der Waals surface area contributed by atoms with Gasteiger partial charge in [0.05, 0.1) is 33.7 Å². The number of hydrogen-bond donors (Lipinski definition) is 2. The Morgan fingerprint density at radius 2 is 1.27 bits per heavy atom. The molecule has 1 unspecified atom stereocenters. The molecule has 0 saturated heterocycles. The van der Waals surface area contributed by atoms with Crippen LogP contribution in [0.4, 0.5) is 11.4 Å². The van der Waals surface area contributed by atoms with E-state index in [0.717, 1.165) is 0 Å². The van der Waals surface area contributed by atoms with Gasteiger partial charge >= 0.3 is 0 Å². The number of allylic oxidation sites excluding steroid dienone is 2. The van der Waals surface area contributed by atoms with Gasteiger partial charge in [0, 0.05) is 29.3 Å². The fourth-order valence-corrected chi connectivity index (χ4v) is 4.51. The Kier molecular flexibility index (Phi) is 11.8. The monoisotopic (exact) mass is 488 g/mol. The van der Waals surface area contributed by atoms with Crippen LogP contribution in [0.5, 0.6) is 0 Å². The number of carbonyl (C=O) groups excluding carboxylic acids is 2. The zero-order chi connectivity index (χ0) is 23.9. The van der Waals surface area contributed by atoms with Crippen LogP contribution in [-0.4, -0.2) is 40.7 Å². The molecule has 2 N–H and O–H groups in total. The molecule has 1 atom stereocenters. The number of para-hydroxylation sites is 2. The van der Waals surface area contributed by atoms with Crippen LogP contribution < -0.4 is 10.6 Å². The van der Waals surface area contributed by atoms with Crippen molar-refractivity contribution in [3.8, 4) is 0 Å². The van der Waals surface area contributed by atoms with E-state index in [9.17, 15) is 13.8 Å². The predicted molar refractivity (Wildman–Crippen MR) is 135 cm³/mol. The largest absolute Gasteiger partial charge is 0.497 e. The summed E-state index contributed by atoms with van der Waals surface area (Å²) in [5.74, 6) is 1.20. The van der Waals surface area contributed by atoms with E-state index < -0.39 is 9.83 Å². The minimum absolute atomic E-state index is 0.236. The van der Waals surface area contributed by atoms with Gasteiger partial charge in [-0.1, -0.05) is 47.2 Å². The van der Waals surface area contributed by atoms with Gasteiger partial charge in [0.25, 0.3) is 11.8 Å². The number of benzene rings is 2. The lowest BCUT2D eigenvalue weighted by atomic mass is 10.3. The second kappa shape index (κ2) is 14.9. The molecule has 0 aliphatic heterocycles. The smallest absolute Gasteiger partial charge is 0.251 e. The van der Waals surface area contributed by atoms with Crippen molar-refractivity contribution in [3.63, 3.8) is 0 Å². The molecular weight excluding hydrogens is 460 g/mol. The fourth-order valence-electron chi connectivity index (χ4n) is 2.51. The van der Waals surface area contributed by atoms with E-state index in [1.54, 1.807) is 38.1 Å². The lowest BCUT2D eigenvalue weighted by molar-refractivity contribution is -0.112. The van der Waals surface area contributed by atoms with Crippen LogP contribution in [0, 0.1) is 0 Å². The number of hydrogen-bond acceptors (Lipinski definition) is 6. The maximum absolute atomic E-state index is 12.1. The topological polar surface area (TPSA) is 93.7 Å². The summed E-state index contributed by atoms with van der Waals surface area (Å²) in [7, 11) is 0.100.